The molecule has 1 N–H and O–H groups in total. The minimum absolute atomic E-state index is 0.252. The van der Waals surface area contributed by atoms with Crippen LogP contribution in [-0.2, 0) is 20.7 Å². The van der Waals surface area contributed by atoms with Crippen LogP contribution in [0.15, 0.2) is 24.3 Å². The molecule has 0 radical (unpaired) electrons. The van der Waals surface area contributed by atoms with Gasteiger partial charge in [-0.05, 0) is 30.4 Å². The molecule has 1 aliphatic heterocycles. The van der Waals surface area contributed by atoms with Crippen molar-refractivity contribution in [1.29, 1.82) is 0 Å². The third kappa shape index (κ3) is 3.96. The van der Waals surface area contributed by atoms with Crippen molar-refractivity contribution in [3.8, 4) is 0 Å². The molecule has 3 atom stereocenters. The molecule has 1 saturated carbocycles. The van der Waals surface area contributed by atoms with Crippen molar-refractivity contribution >= 4 is 11.9 Å². The van der Waals surface area contributed by atoms with E-state index >= 15 is 0 Å². The van der Waals surface area contributed by atoms with Crippen molar-refractivity contribution in [1.82, 2.24) is 5.32 Å². The van der Waals surface area contributed by atoms with Gasteiger partial charge in [0.2, 0.25) is 0 Å². The summed E-state index contributed by atoms with van der Waals surface area (Å²) in [5.74, 6) is -0.0901. The first-order valence-corrected chi connectivity index (χ1v) is 8.83. The van der Waals surface area contributed by atoms with Crippen LogP contribution < -0.4 is 5.32 Å². The molecule has 2 aliphatic rings. The molecule has 1 amide bonds. The van der Waals surface area contributed by atoms with Crippen LogP contribution in [0.4, 0.5) is 0 Å². The molecule has 5 heteroatoms. The van der Waals surface area contributed by atoms with Gasteiger partial charge in [0.05, 0.1) is 18.3 Å². The molecular weight excluding hydrogens is 306 g/mol. The number of rotatable bonds is 5. The molecule has 0 spiro atoms. The van der Waals surface area contributed by atoms with Crippen LogP contribution >= 0.6 is 0 Å². The van der Waals surface area contributed by atoms with E-state index in [0.29, 0.717) is 37.2 Å². The zero-order chi connectivity index (χ0) is 16.9. The average molecular weight is 331 g/mol. The average Bonchev–Trinajstić information content (AvgIpc) is 2.60. The molecule has 3 rings (SSSR count). The SMILES string of the molecule is C[C@@H]1CCCC[C@@H]1OCCNC(=O)[C@@H]1Cc2ccccc2C(=O)O1. The maximum Gasteiger partial charge on any atom is 0.339 e. The monoisotopic (exact) mass is 331 g/mol. The minimum Gasteiger partial charge on any atom is -0.448 e. The molecule has 0 saturated heterocycles. The third-order valence-electron chi connectivity index (χ3n) is 4.95. The van der Waals surface area contributed by atoms with Crippen molar-refractivity contribution in [2.45, 2.75) is 51.2 Å². The van der Waals surface area contributed by atoms with Crippen LogP contribution in [0.5, 0.6) is 0 Å². The molecule has 0 bridgehead atoms. The largest absolute Gasteiger partial charge is 0.448 e. The number of carbonyl (C=O) groups is 2. The van der Waals surface area contributed by atoms with Crippen LogP contribution in [0.3, 0.4) is 0 Å². The number of benzene rings is 1. The summed E-state index contributed by atoms with van der Waals surface area (Å²) in [5.41, 5.74) is 1.41. The van der Waals surface area contributed by atoms with Crippen LogP contribution in [0.2, 0.25) is 0 Å². The highest BCUT2D eigenvalue weighted by Crippen LogP contribution is 2.26. The highest BCUT2D eigenvalue weighted by atomic mass is 16.5. The Morgan fingerprint density at radius 1 is 1.29 bits per heavy atom. The number of fused-ring (bicyclic) bond motifs is 1. The van der Waals surface area contributed by atoms with E-state index in [1.54, 1.807) is 12.1 Å². The van der Waals surface area contributed by atoms with Crippen molar-refractivity contribution < 1.29 is 19.1 Å². The Balaban J connectivity index is 1.44. The van der Waals surface area contributed by atoms with Gasteiger partial charge in [-0.2, -0.15) is 0 Å². The number of cyclic esters (lactones) is 1. The molecule has 130 valence electrons. The Kier molecular flexibility index (Phi) is 5.51. The standard InChI is InChI=1S/C19H25NO4/c1-13-6-2-5-9-16(13)23-11-10-20-18(21)17-12-14-7-3-4-8-15(14)19(22)24-17/h3-4,7-8,13,16-17H,2,5-6,9-12H2,1H3,(H,20,21)/t13-,16+,17+/m1/s1. The van der Waals surface area contributed by atoms with Crippen LogP contribution in [0.1, 0.15) is 48.5 Å². The molecule has 0 aromatic heterocycles. The number of nitrogens with one attached hydrogen (secondary N) is 1. The summed E-state index contributed by atoms with van der Waals surface area (Å²) < 4.78 is 11.1. The van der Waals surface area contributed by atoms with Crippen molar-refractivity contribution in [3.05, 3.63) is 35.4 Å². The number of hydrogen-bond donors (Lipinski definition) is 1. The quantitative estimate of drug-likeness (QED) is 0.665. The first kappa shape index (κ1) is 17.0. The Hall–Kier alpha value is -1.88. The topological polar surface area (TPSA) is 64.6 Å². The summed E-state index contributed by atoms with van der Waals surface area (Å²) in [5, 5.41) is 2.82. The van der Waals surface area contributed by atoms with E-state index in [1.807, 2.05) is 12.1 Å². The Morgan fingerprint density at radius 2 is 2.08 bits per heavy atom. The number of esters is 1. The van der Waals surface area contributed by atoms with Crippen molar-refractivity contribution in [2.75, 3.05) is 13.2 Å². The van der Waals surface area contributed by atoms with E-state index < -0.39 is 12.1 Å². The zero-order valence-corrected chi connectivity index (χ0v) is 14.1. The Morgan fingerprint density at radius 3 is 2.92 bits per heavy atom. The van der Waals surface area contributed by atoms with Gasteiger partial charge in [0.25, 0.3) is 5.91 Å². The lowest BCUT2D eigenvalue weighted by Crippen LogP contribution is -2.43. The van der Waals surface area contributed by atoms with Gasteiger partial charge in [-0.1, -0.05) is 38.0 Å². The van der Waals surface area contributed by atoms with E-state index in [2.05, 4.69) is 12.2 Å². The van der Waals surface area contributed by atoms with Gasteiger partial charge in [-0.25, -0.2) is 4.79 Å². The predicted octanol–water partition coefficient (Wildman–Crippen LogP) is 2.48. The van der Waals surface area contributed by atoms with Gasteiger partial charge in [0, 0.05) is 13.0 Å². The molecular formula is C19H25NO4. The van der Waals surface area contributed by atoms with E-state index in [1.165, 1.54) is 19.3 Å². The Labute approximate surface area is 142 Å². The summed E-state index contributed by atoms with van der Waals surface area (Å²) >= 11 is 0. The van der Waals surface area contributed by atoms with Crippen LogP contribution in [-0.4, -0.2) is 37.2 Å². The first-order valence-electron chi connectivity index (χ1n) is 8.83. The first-order chi connectivity index (χ1) is 11.6. The number of carbonyl (C=O) groups excluding carboxylic acids is 2. The predicted molar refractivity (Wildman–Crippen MR) is 89.7 cm³/mol. The summed E-state index contributed by atoms with van der Waals surface area (Å²) in [4.78, 5) is 24.2. The Bertz CT molecular complexity index is 601. The van der Waals surface area contributed by atoms with Crippen LogP contribution in [0, 0.1) is 5.92 Å². The smallest absolute Gasteiger partial charge is 0.339 e. The fraction of sp³-hybridized carbons (Fsp3) is 0.579. The highest BCUT2D eigenvalue weighted by Gasteiger charge is 2.30. The lowest BCUT2D eigenvalue weighted by Gasteiger charge is -2.29. The maximum absolute atomic E-state index is 12.2. The zero-order valence-electron chi connectivity index (χ0n) is 14.1. The number of hydrogen-bond acceptors (Lipinski definition) is 4. The molecule has 1 aromatic rings. The molecule has 1 heterocycles. The van der Waals surface area contributed by atoms with Gasteiger partial charge in [-0.3, -0.25) is 4.79 Å². The summed E-state index contributed by atoms with van der Waals surface area (Å²) in [6.45, 7) is 3.16. The van der Waals surface area contributed by atoms with E-state index in [9.17, 15) is 9.59 Å². The second-order valence-electron chi connectivity index (χ2n) is 6.72. The van der Waals surface area contributed by atoms with Crippen molar-refractivity contribution in [2.24, 2.45) is 5.92 Å². The van der Waals surface area contributed by atoms with Crippen molar-refractivity contribution in [3.63, 3.8) is 0 Å². The fourth-order valence-electron chi connectivity index (χ4n) is 3.51. The summed E-state index contributed by atoms with van der Waals surface area (Å²) in [7, 11) is 0. The van der Waals surface area contributed by atoms with E-state index in [-0.39, 0.29) is 5.91 Å². The van der Waals surface area contributed by atoms with E-state index in [0.717, 1.165) is 12.0 Å². The van der Waals surface area contributed by atoms with Gasteiger partial charge in [0.1, 0.15) is 0 Å². The minimum atomic E-state index is -0.749. The third-order valence-corrected chi connectivity index (χ3v) is 4.95. The second-order valence-corrected chi connectivity index (χ2v) is 6.72. The lowest BCUT2D eigenvalue weighted by atomic mass is 9.88. The summed E-state index contributed by atoms with van der Waals surface area (Å²) in [6.07, 6.45) is 4.80. The van der Waals surface area contributed by atoms with E-state index in [4.69, 9.17) is 9.47 Å². The number of amides is 1. The molecule has 24 heavy (non-hydrogen) atoms. The molecule has 5 nitrogen and oxygen atoms in total. The summed E-state index contributed by atoms with van der Waals surface area (Å²) in [6, 6.07) is 7.25. The molecule has 0 unspecified atom stereocenters. The van der Waals surface area contributed by atoms with Gasteiger partial charge in [-0.15, -0.1) is 0 Å². The fourth-order valence-corrected chi connectivity index (χ4v) is 3.51. The molecule has 1 aromatic carbocycles. The number of ether oxygens (including phenoxy) is 2. The second kappa shape index (κ2) is 7.79. The van der Waals surface area contributed by atoms with Gasteiger partial charge >= 0.3 is 5.97 Å². The normalized spacial score (nSPS) is 26.4. The van der Waals surface area contributed by atoms with Crippen LogP contribution in [0.25, 0.3) is 0 Å². The molecule has 1 fully saturated rings. The van der Waals surface area contributed by atoms with Gasteiger partial charge in [0.15, 0.2) is 6.10 Å². The maximum atomic E-state index is 12.2. The van der Waals surface area contributed by atoms with Gasteiger partial charge < -0.3 is 14.8 Å². The molecule has 1 aliphatic carbocycles. The lowest BCUT2D eigenvalue weighted by molar-refractivity contribution is -0.130. The highest BCUT2D eigenvalue weighted by molar-refractivity contribution is 5.95.